The molecule has 5 nitrogen and oxygen atoms in total. The third-order valence-corrected chi connectivity index (χ3v) is 4.98. The summed E-state index contributed by atoms with van der Waals surface area (Å²) in [5.41, 5.74) is 6.50. The molecule has 0 spiro atoms. The van der Waals surface area contributed by atoms with Crippen molar-refractivity contribution in [3.05, 3.63) is 29.2 Å². The van der Waals surface area contributed by atoms with E-state index in [1.165, 1.54) is 0 Å². The third kappa shape index (κ3) is 6.42. The van der Waals surface area contributed by atoms with Gasteiger partial charge in [0.15, 0.2) is 12.4 Å². The van der Waals surface area contributed by atoms with Gasteiger partial charge < -0.3 is 15.6 Å². The van der Waals surface area contributed by atoms with Crippen molar-refractivity contribution in [3.63, 3.8) is 0 Å². The van der Waals surface area contributed by atoms with Crippen LogP contribution in [0, 0.1) is 11.7 Å². The highest BCUT2D eigenvalue weighted by molar-refractivity contribution is 6.06. The van der Waals surface area contributed by atoms with E-state index in [-0.39, 0.29) is 17.1 Å². The van der Waals surface area contributed by atoms with Crippen LogP contribution in [0.15, 0.2) is 22.8 Å². The molecule has 1 fully saturated rings. The number of aromatic nitrogens is 1. The van der Waals surface area contributed by atoms with Crippen LogP contribution in [0.2, 0.25) is 0 Å². The molecular formula is C20H27F4N3O2. The number of aliphatic hydroxyl groups is 1. The molecule has 1 aromatic rings. The lowest BCUT2D eigenvalue weighted by Gasteiger charge is -2.28. The van der Waals surface area contributed by atoms with Gasteiger partial charge in [0.2, 0.25) is 5.88 Å². The van der Waals surface area contributed by atoms with Gasteiger partial charge in [-0.25, -0.2) is 9.37 Å². The van der Waals surface area contributed by atoms with Crippen molar-refractivity contribution in [2.75, 3.05) is 6.61 Å². The van der Waals surface area contributed by atoms with E-state index in [1.807, 2.05) is 0 Å². The number of nitrogens with two attached hydrogens (primary N) is 1. The summed E-state index contributed by atoms with van der Waals surface area (Å²) in [5, 5.41) is 10.2. The maximum Gasteiger partial charge on any atom is 0.422 e. The molecule has 29 heavy (non-hydrogen) atoms. The Morgan fingerprint density at radius 3 is 2.66 bits per heavy atom. The van der Waals surface area contributed by atoms with Crippen molar-refractivity contribution in [1.82, 2.24) is 4.98 Å². The summed E-state index contributed by atoms with van der Waals surface area (Å²) in [7, 11) is 0. The number of rotatable bonds is 5. The summed E-state index contributed by atoms with van der Waals surface area (Å²) in [4.78, 5) is 8.16. The molecule has 2 rings (SSSR count). The normalized spacial score (nSPS) is 22.5. The summed E-state index contributed by atoms with van der Waals surface area (Å²) < 4.78 is 56.1. The SMILES string of the molecule is CC(N=C1C[C@H](C)CC/C1=C(/N)c1cc(OCC(F)(F)F)ncc1F)C(C)(C)O. The number of hydrogen-bond donors (Lipinski definition) is 2. The van der Waals surface area contributed by atoms with Gasteiger partial charge >= 0.3 is 6.18 Å². The van der Waals surface area contributed by atoms with Crippen LogP contribution in [0.25, 0.3) is 5.70 Å². The Kier molecular flexibility index (Phi) is 6.93. The molecular weight excluding hydrogens is 390 g/mol. The molecule has 0 amide bonds. The van der Waals surface area contributed by atoms with E-state index >= 15 is 0 Å². The third-order valence-electron chi connectivity index (χ3n) is 4.98. The first kappa shape index (κ1) is 23.1. The molecule has 1 aliphatic rings. The van der Waals surface area contributed by atoms with Crippen LogP contribution >= 0.6 is 0 Å². The standard InChI is InChI=1S/C20H27F4N3O2/c1-11-5-6-13(16(7-11)27-12(2)19(3,4)28)18(25)14-8-17(26-9-15(14)21)29-10-20(22,23)24/h8-9,11-12,28H,5-7,10,25H2,1-4H3/b18-13-,27-16?/t11-,12?/m1/s1. The molecule has 1 aromatic heterocycles. The maximum absolute atomic E-state index is 14.4. The minimum atomic E-state index is -4.53. The average molecular weight is 417 g/mol. The van der Waals surface area contributed by atoms with Crippen molar-refractivity contribution in [2.24, 2.45) is 16.6 Å². The maximum atomic E-state index is 14.4. The molecule has 0 bridgehead atoms. The minimum absolute atomic E-state index is 0.0784. The molecule has 2 atom stereocenters. The first-order valence-electron chi connectivity index (χ1n) is 9.41. The minimum Gasteiger partial charge on any atom is -0.468 e. The molecule has 9 heteroatoms. The molecule has 0 aromatic carbocycles. The molecule has 1 aliphatic carbocycles. The summed E-state index contributed by atoms with van der Waals surface area (Å²) in [6.45, 7) is 5.60. The number of nitrogens with zero attached hydrogens (tertiary/aromatic N) is 2. The van der Waals surface area contributed by atoms with Gasteiger partial charge in [0.25, 0.3) is 0 Å². The van der Waals surface area contributed by atoms with Crippen LogP contribution in [-0.2, 0) is 0 Å². The van der Waals surface area contributed by atoms with Crippen molar-refractivity contribution >= 4 is 11.4 Å². The molecule has 0 radical (unpaired) electrons. The fourth-order valence-corrected chi connectivity index (χ4v) is 2.93. The zero-order valence-electron chi connectivity index (χ0n) is 17.0. The lowest BCUT2D eigenvalue weighted by Crippen LogP contribution is -2.34. The second kappa shape index (κ2) is 8.69. The van der Waals surface area contributed by atoms with Crippen molar-refractivity contribution in [3.8, 4) is 5.88 Å². The Hall–Kier alpha value is -2.16. The van der Waals surface area contributed by atoms with Crippen molar-refractivity contribution in [2.45, 2.75) is 64.8 Å². The Morgan fingerprint density at radius 1 is 1.41 bits per heavy atom. The summed E-state index contributed by atoms with van der Waals surface area (Å²) in [6.07, 6.45) is -1.77. The van der Waals surface area contributed by atoms with Gasteiger partial charge in [-0.15, -0.1) is 0 Å². The molecule has 0 saturated heterocycles. The Morgan fingerprint density at radius 2 is 2.07 bits per heavy atom. The lowest BCUT2D eigenvalue weighted by atomic mass is 9.83. The van der Waals surface area contributed by atoms with Gasteiger partial charge in [-0.3, -0.25) is 4.99 Å². The molecule has 0 aliphatic heterocycles. The highest BCUT2D eigenvalue weighted by atomic mass is 19.4. The molecule has 1 saturated carbocycles. The lowest BCUT2D eigenvalue weighted by molar-refractivity contribution is -0.154. The van der Waals surface area contributed by atoms with Gasteiger partial charge in [-0.2, -0.15) is 13.2 Å². The predicted molar refractivity (Wildman–Crippen MR) is 103 cm³/mol. The van der Waals surface area contributed by atoms with E-state index in [0.717, 1.165) is 18.7 Å². The van der Waals surface area contributed by atoms with E-state index in [1.54, 1.807) is 20.8 Å². The fourth-order valence-electron chi connectivity index (χ4n) is 2.93. The summed E-state index contributed by atoms with van der Waals surface area (Å²) in [6, 6.07) is 0.650. The molecule has 1 unspecified atom stereocenters. The average Bonchev–Trinajstić information content (AvgIpc) is 2.59. The van der Waals surface area contributed by atoms with Crippen LogP contribution < -0.4 is 10.5 Å². The summed E-state index contributed by atoms with van der Waals surface area (Å²) in [5.74, 6) is -0.787. The number of halogens is 4. The zero-order chi connectivity index (χ0) is 22.0. The second-order valence-corrected chi connectivity index (χ2v) is 8.05. The van der Waals surface area contributed by atoms with E-state index in [4.69, 9.17) is 5.73 Å². The predicted octanol–water partition coefficient (Wildman–Crippen LogP) is 4.25. The van der Waals surface area contributed by atoms with Gasteiger partial charge in [-0.05, 0) is 51.5 Å². The quantitative estimate of drug-likeness (QED) is 0.702. The number of ether oxygens (including phenoxy) is 1. The number of pyridine rings is 1. The van der Waals surface area contributed by atoms with Gasteiger partial charge in [0.1, 0.15) is 0 Å². The van der Waals surface area contributed by atoms with Crippen LogP contribution in [0.5, 0.6) is 5.88 Å². The monoisotopic (exact) mass is 417 g/mol. The van der Waals surface area contributed by atoms with Crippen LogP contribution in [0.4, 0.5) is 17.6 Å². The zero-order valence-corrected chi connectivity index (χ0v) is 17.0. The smallest absolute Gasteiger partial charge is 0.422 e. The first-order chi connectivity index (χ1) is 13.3. The Balaban J connectivity index is 2.44. The van der Waals surface area contributed by atoms with Crippen LogP contribution in [0.3, 0.4) is 0 Å². The van der Waals surface area contributed by atoms with Gasteiger partial charge in [0.05, 0.1) is 17.8 Å². The molecule has 162 valence electrons. The van der Waals surface area contributed by atoms with E-state index in [0.29, 0.717) is 30.0 Å². The topological polar surface area (TPSA) is 80.7 Å². The Bertz CT molecular complexity index is 798. The van der Waals surface area contributed by atoms with E-state index < -0.39 is 30.2 Å². The van der Waals surface area contributed by atoms with Gasteiger partial charge in [0, 0.05) is 23.0 Å². The Labute approximate surface area is 167 Å². The number of alkyl halides is 3. The second-order valence-electron chi connectivity index (χ2n) is 8.05. The highest BCUT2D eigenvalue weighted by Crippen LogP contribution is 2.32. The summed E-state index contributed by atoms with van der Waals surface area (Å²) >= 11 is 0. The molecule has 1 heterocycles. The molecule has 3 N–H and O–H groups in total. The number of hydrogen-bond acceptors (Lipinski definition) is 5. The fraction of sp³-hybridized carbons (Fsp3) is 0.600. The van der Waals surface area contributed by atoms with Crippen molar-refractivity contribution in [1.29, 1.82) is 0 Å². The van der Waals surface area contributed by atoms with E-state index in [2.05, 4.69) is 21.6 Å². The van der Waals surface area contributed by atoms with Crippen molar-refractivity contribution < 1.29 is 27.4 Å². The number of allylic oxidation sites excluding steroid dienone is 1. The van der Waals surface area contributed by atoms with E-state index in [9.17, 15) is 22.7 Å². The van der Waals surface area contributed by atoms with Gasteiger partial charge in [-0.1, -0.05) is 6.92 Å². The first-order valence-corrected chi connectivity index (χ1v) is 9.41. The largest absolute Gasteiger partial charge is 0.468 e. The number of aliphatic imine (C=N–C) groups is 1. The van der Waals surface area contributed by atoms with Crippen LogP contribution in [-0.4, -0.2) is 40.2 Å². The highest BCUT2D eigenvalue weighted by Gasteiger charge is 2.30. The van der Waals surface area contributed by atoms with Crippen LogP contribution in [0.1, 0.15) is 52.5 Å².